The second kappa shape index (κ2) is 3.44. The minimum atomic E-state index is -0.417. The number of nitrogens with zero attached hydrogens (tertiary/aromatic N) is 2. The molecule has 1 rings (SSSR count). The highest BCUT2D eigenvalue weighted by atomic mass is 16.2. The molecule has 0 bridgehead atoms. The Labute approximate surface area is 75.9 Å². The first-order valence-electron chi connectivity index (χ1n) is 3.95. The normalized spacial score (nSPS) is 10.1. The fourth-order valence-electron chi connectivity index (χ4n) is 1.13. The number of nitrogens with two attached hydrogens (primary N) is 2. The molecule has 0 aromatic carbocycles. The summed E-state index contributed by atoms with van der Waals surface area (Å²) in [6, 6.07) is 0. The number of hydrogen-bond donors (Lipinski definition) is 3. The molecule has 1 amide bonds. The van der Waals surface area contributed by atoms with Gasteiger partial charge in [0.1, 0.15) is 0 Å². The first-order chi connectivity index (χ1) is 6.11. The summed E-state index contributed by atoms with van der Waals surface area (Å²) in [4.78, 5) is 11.3. The van der Waals surface area contributed by atoms with E-state index >= 15 is 0 Å². The molecular weight excluding hydrogens is 170 g/mol. The van der Waals surface area contributed by atoms with E-state index in [-0.39, 0.29) is 0 Å². The van der Waals surface area contributed by atoms with Crippen LogP contribution in [0.3, 0.4) is 0 Å². The highest BCUT2D eigenvalue weighted by Gasteiger charge is 2.17. The van der Waals surface area contributed by atoms with Crippen molar-refractivity contribution in [1.29, 1.82) is 0 Å². The lowest BCUT2D eigenvalue weighted by molar-refractivity contribution is 0.0944. The smallest absolute Gasteiger partial charge is 0.285 e. The van der Waals surface area contributed by atoms with Gasteiger partial charge >= 0.3 is 0 Å². The number of nitrogen functional groups attached to an aromatic ring is 2. The van der Waals surface area contributed by atoms with Crippen LogP contribution in [-0.4, -0.2) is 15.7 Å². The summed E-state index contributed by atoms with van der Waals surface area (Å²) < 4.78 is 1.52. The van der Waals surface area contributed by atoms with Crippen LogP contribution in [0.4, 0.5) is 5.69 Å². The summed E-state index contributed by atoms with van der Waals surface area (Å²) >= 11 is 0. The highest BCUT2D eigenvalue weighted by molar-refractivity contribution is 5.97. The van der Waals surface area contributed by atoms with Crippen molar-refractivity contribution < 1.29 is 4.79 Å². The molecule has 0 spiro atoms. The molecule has 0 unspecified atom stereocenters. The molecule has 6 heteroatoms. The number of carbonyl (C=O) groups excluding carboxylic acids is 1. The van der Waals surface area contributed by atoms with Crippen molar-refractivity contribution in [2.75, 3.05) is 5.73 Å². The molecule has 1 heterocycles. The molecule has 1 aromatic heterocycles. The van der Waals surface area contributed by atoms with Crippen LogP contribution in [0.25, 0.3) is 0 Å². The van der Waals surface area contributed by atoms with Crippen molar-refractivity contribution in [3.8, 4) is 0 Å². The number of hydrazine groups is 1. The number of amides is 1. The number of carbonyl (C=O) groups is 1. The number of aromatic nitrogens is 2. The Bertz CT molecular complexity index is 330. The quantitative estimate of drug-likeness (QED) is 0.324. The Balaban J connectivity index is 3.23. The number of aryl methyl sites for hydroxylation is 2. The number of anilines is 1. The van der Waals surface area contributed by atoms with Gasteiger partial charge in [0.15, 0.2) is 5.69 Å². The van der Waals surface area contributed by atoms with Crippen molar-refractivity contribution in [2.24, 2.45) is 5.84 Å². The minimum absolute atomic E-state index is 0.322. The zero-order chi connectivity index (χ0) is 10.0. The second-order valence-corrected chi connectivity index (χ2v) is 2.64. The van der Waals surface area contributed by atoms with Crippen LogP contribution in [0, 0.1) is 6.92 Å². The molecule has 0 atom stereocenters. The fraction of sp³-hybridized carbons (Fsp3) is 0.429. The van der Waals surface area contributed by atoms with Crippen molar-refractivity contribution in [3.63, 3.8) is 0 Å². The maximum absolute atomic E-state index is 11.3. The first kappa shape index (κ1) is 9.53. The third-order valence-electron chi connectivity index (χ3n) is 1.82. The van der Waals surface area contributed by atoms with E-state index in [2.05, 4.69) is 5.10 Å². The topological polar surface area (TPSA) is 99.0 Å². The molecule has 72 valence electrons. The fourth-order valence-corrected chi connectivity index (χ4v) is 1.13. The lowest BCUT2D eigenvalue weighted by atomic mass is 10.3. The van der Waals surface area contributed by atoms with Crippen LogP contribution in [0.1, 0.15) is 23.1 Å². The highest BCUT2D eigenvalue weighted by Crippen LogP contribution is 2.15. The van der Waals surface area contributed by atoms with Gasteiger partial charge in [-0.15, -0.1) is 0 Å². The first-order valence-corrected chi connectivity index (χ1v) is 3.95. The molecule has 0 aliphatic heterocycles. The molecule has 0 aliphatic carbocycles. The van der Waals surface area contributed by atoms with Gasteiger partial charge in [0.05, 0.1) is 11.4 Å². The third-order valence-corrected chi connectivity index (χ3v) is 1.82. The van der Waals surface area contributed by atoms with E-state index in [1.165, 1.54) is 4.68 Å². The molecule has 13 heavy (non-hydrogen) atoms. The summed E-state index contributed by atoms with van der Waals surface area (Å²) in [5.41, 5.74) is 9.03. The van der Waals surface area contributed by atoms with Crippen LogP contribution in [-0.2, 0) is 6.54 Å². The van der Waals surface area contributed by atoms with Gasteiger partial charge in [0.2, 0.25) is 0 Å². The van der Waals surface area contributed by atoms with E-state index in [0.29, 0.717) is 23.6 Å². The third kappa shape index (κ3) is 1.48. The largest absolute Gasteiger partial charge is 0.395 e. The van der Waals surface area contributed by atoms with Gasteiger partial charge in [-0.05, 0) is 13.8 Å². The summed E-state index contributed by atoms with van der Waals surface area (Å²) in [5.74, 6) is 4.59. The second-order valence-electron chi connectivity index (χ2n) is 2.64. The van der Waals surface area contributed by atoms with Gasteiger partial charge in [0, 0.05) is 6.54 Å². The summed E-state index contributed by atoms with van der Waals surface area (Å²) in [5, 5.41) is 4.07. The average molecular weight is 183 g/mol. The molecule has 1 aromatic rings. The van der Waals surface area contributed by atoms with Crippen molar-refractivity contribution >= 4 is 11.6 Å². The van der Waals surface area contributed by atoms with E-state index < -0.39 is 5.91 Å². The Hall–Kier alpha value is -1.56. The number of nitrogens with one attached hydrogen (secondary N) is 1. The van der Waals surface area contributed by atoms with Crippen LogP contribution in [0.5, 0.6) is 0 Å². The Morgan fingerprint density at radius 2 is 2.31 bits per heavy atom. The van der Waals surface area contributed by atoms with Crippen LogP contribution >= 0.6 is 0 Å². The van der Waals surface area contributed by atoms with E-state index in [1.807, 2.05) is 12.3 Å². The zero-order valence-electron chi connectivity index (χ0n) is 7.66. The lowest BCUT2D eigenvalue weighted by Crippen LogP contribution is -2.32. The number of rotatable bonds is 2. The van der Waals surface area contributed by atoms with E-state index in [9.17, 15) is 4.79 Å². The predicted octanol–water partition coefficient (Wildman–Crippen LogP) is -0.603. The predicted molar refractivity (Wildman–Crippen MR) is 48.7 cm³/mol. The van der Waals surface area contributed by atoms with Gasteiger partial charge in [0.25, 0.3) is 5.91 Å². The standard InChI is InChI=1S/C7H13N5O/c1-3-12-6(7(13)10-9)5(8)4(2)11-12/h3,8-9H2,1-2H3,(H,10,13). The summed E-state index contributed by atoms with van der Waals surface area (Å²) in [6.07, 6.45) is 0. The average Bonchev–Trinajstić information content (AvgIpc) is 2.42. The van der Waals surface area contributed by atoms with Gasteiger partial charge in [-0.1, -0.05) is 0 Å². The van der Waals surface area contributed by atoms with Crippen molar-refractivity contribution in [3.05, 3.63) is 11.4 Å². The molecule has 0 fully saturated rings. The molecule has 0 radical (unpaired) electrons. The molecular formula is C7H13N5O. The van der Waals surface area contributed by atoms with Crippen molar-refractivity contribution in [1.82, 2.24) is 15.2 Å². The van der Waals surface area contributed by atoms with Gasteiger partial charge in [-0.25, -0.2) is 5.84 Å². The maximum Gasteiger partial charge on any atom is 0.285 e. The summed E-state index contributed by atoms with van der Waals surface area (Å²) in [7, 11) is 0. The SMILES string of the molecule is CCn1nc(C)c(N)c1C(=O)NN. The number of hydrogen-bond acceptors (Lipinski definition) is 4. The minimum Gasteiger partial charge on any atom is -0.395 e. The van der Waals surface area contributed by atoms with Gasteiger partial charge in [-0.2, -0.15) is 5.10 Å². The molecule has 0 aliphatic rings. The van der Waals surface area contributed by atoms with Gasteiger partial charge < -0.3 is 5.73 Å². The maximum atomic E-state index is 11.3. The summed E-state index contributed by atoms with van der Waals surface area (Å²) in [6.45, 7) is 4.20. The van der Waals surface area contributed by atoms with Gasteiger partial charge in [-0.3, -0.25) is 14.9 Å². The molecule has 0 saturated carbocycles. The molecule has 0 saturated heterocycles. The lowest BCUT2D eigenvalue weighted by Gasteiger charge is -2.02. The Kier molecular flexibility index (Phi) is 2.52. The van der Waals surface area contributed by atoms with Crippen LogP contribution in [0.2, 0.25) is 0 Å². The van der Waals surface area contributed by atoms with Crippen LogP contribution in [0.15, 0.2) is 0 Å². The van der Waals surface area contributed by atoms with Crippen molar-refractivity contribution in [2.45, 2.75) is 20.4 Å². The Morgan fingerprint density at radius 3 is 2.77 bits per heavy atom. The monoisotopic (exact) mass is 183 g/mol. The zero-order valence-corrected chi connectivity index (χ0v) is 7.66. The van der Waals surface area contributed by atoms with E-state index in [4.69, 9.17) is 11.6 Å². The van der Waals surface area contributed by atoms with E-state index in [0.717, 1.165) is 0 Å². The van der Waals surface area contributed by atoms with Crippen LogP contribution < -0.4 is 17.0 Å². The molecule has 5 N–H and O–H groups in total. The van der Waals surface area contributed by atoms with E-state index in [1.54, 1.807) is 6.92 Å². The Morgan fingerprint density at radius 1 is 1.69 bits per heavy atom. The molecule has 6 nitrogen and oxygen atoms in total.